The highest BCUT2D eigenvalue weighted by molar-refractivity contribution is 7.08. The van der Waals surface area contributed by atoms with Crippen molar-refractivity contribution in [1.29, 1.82) is 0 Å². The normalized spacial score (nSPS) is 12.5. The molecule has 1 heterocycles. The third-order valence-corrected chi connectivity index (χ3v) is 3.71. The number of benzene rings is 1. The molecule has 0 aliphatic rings. The average molecular weight is 290 g/mol. The summed E-state index contributed by atoms with van der Waals surface area (Å²) in [6.07, 6.45) is 0. The van der Waals surface area contributed by atoms with Gasteiger partial charge in [-0.05, 0) is 41.4 Å². The Morgan fingerprint density at radius 2 is 1.94 bits per heavy atom. The van der Waals surface area contributed by atoms with Crippen molar-refractivity contribution < 1.29 is 4.39 Å². The minimum atomic E-state index is -0.436. The predicted octanol–water partition coefficient (Wildman–Crippen LogP) is 5.37. The van der Waals surface area contributed by atoms with Crippen molar-refractivity contribution >= 4 is 40.2 Å². The summed E-state index contributed by atoms with van der Waals surface area (Å²) >= 11 is 13.5. The zero-order chi connectivity index (χ0) is 12.4. The Hall–Kier alpha value is -0.770. The molecule has 1 N–H and O–H groups in total. The summed E-state index contributed by atoms with van der Waals surface area (Å²) in [4.78, 5) is 0. The molecule has 0 amide bonds. The third-order valence-electron chi connectivity index (χ3n) is 2.41. The lowest BCUT2D eigenvalue weighted by Crippen LogP contribution is -2.06. The van der Waals surface area contributed by atoms with E-state index in [1.807, 2.05) is 23.8 Å². The summed E-state index contributed by atoms with van der Waals surface area (Å²) in [7, 11) is 0. The molecule has 1 atom stereocenters. The van der Waals surface area contributed by atoms with Gasteiger partial charge in [0.1, 0.15) is 5.82 Å². The van der Waals surface area contributed by atoms with Crippen LogP contribution in [-0.2, 0) is 0 Å². The first-order valence-corrected chi connectivity index (χ1v) is 6.71. The van der Waals surface area contributed by atoms with Gasteiger partial charge in [-0.1, -0.05) is 23.2 Å². The fourth-order valence-electron chi connectivity index (χ4n) is 1.50. The summed E-state index contributed by atoms with van der Waals surface area (Å²) in [6.45, 7) is 2.00. The average Bonchev–Trinajstić information content (AvgIpc) is 2.76. The molecule has 0 aliphatic heterocycles. The molecular weight excluding hydrogens is 280 g/mol. The van der Waals surface area contributed by atoms with Crippen molar-refractivity contribution in [2.45, 2.75) is 13.0 Å². The van der Waals surface area contributed by atoms with Crippen LogP contribution in [0.3, 0.4) is 0 Å². The van der Waals surface area contributed by atoms with E-state index < -0.39 is 5.82 Å². The van der Waals surface area contributed by atoms with Gasteiger partial charge in [-0.15, -0.1) is 0 Å². The molecule has 17 heavy (non-hydrogen) atoms. The summed E-state index contributed by atoms with van der Waals surface area (Å²) in [5, 5.41) is 7.81. The van der Waals surface area contributed by atoms with Crippen LogP contribution in [0.1, 0.15) is 18.5 Å². The molecule has 0 bridgehead atoms. The van der Waals surface area contributed by atoms with Crippen LogP contribution in [0.5, 0.6) is 0 Å². The highest BCUT2D eigenvalue weighted by Crippen LogP contribution is 2.34. The van der Waals surface area contributed by atoms with Gasteiger partial charge in [0.15, 0.2) is 0 Å². The monoisotopic (exact) mass is 289 g/mol. The zero-order valence-electron chi connectivity index (χ0n) is 9.01. The molecule has 0 fully saturated rings. The van der Waals surface area contributed by atoms with E-state index in [0.29, 0.717) is 5.69 Å². The molecule has 90 valence electrons. The predicted molar refractivity (Wildman–Crippen MR) is 72.8 cm³/mol. The molecule has 2 aromatic rings. The number of hydrogen-bond donors (Lipinski definition) is 1. The van der Waals surface area contributed by atoms with E-state index in [0.717, 1.165) is 5.56 Å². The van der Waals surface area contributed by atoms with Crippen LogP contribution in [0.25, 0.3) is 0 Å². The molecule has 5 heteroatoms. The molecule has 0 saturated carbocycles. The smallest absolute Gasteiger partial charge is 0.126 e. The molecule has 1 nitrogen and oxygen atoms in total. The number of halogens is 3. The summed E-state index contributed by atoms with van der Waals surface area (Å²) in [5.41, 5.74) is 1.71. The Bertz CT molecular complexity index is 490. The van der Waals surface area contributed by atoms with Crippen molar-refractivity contribution in [1.82, 2.24) is 0 Å². The topological polar surface area (TPSA) is 12.0 Å². The fraction of sp³-hybridized carbons (Fsp3) is 0.167. The van der Waals surface area contributed by atoms with E-state index in [4.69, 9.17) is 23.2 Å². The van der Waals surface area contributed by atoms with Crippen molar-refractivity contribution in [2.75, 3.05) is 5.32 Å². The second-order valence-corrected chi connectivity index (χ2v) is 5.26. The number of rotatable bonds is 3. The molecule has 1 aromatic carbocycles. The van der Waals surface area contributed by atoms with E-state index in [2.05, 4.69) is 5.32 Å². The largest absolute Gasteiger partial charge is 0.376 e. The Balaban J connectivity index is 2.25. The fourth-order valence-corrected chi connectivity index (χ4v) is 2.82. The van der Waals surface area contributed by atoms with Crippen molar-refractivity contribution in [2.24, 2.45) is 0 Å². The SMILES string of the molecule is CC(Nc1c(Cl)cc(F)cc1Cl)c1ccsc1. The van der Waals surface area contributed by atoms with Gasteiger partial charge >= 0.3 is 0 Å². The Morgan fingerprint density at radius 3 is 2.47 bits per heavy atom. The van der Waals surface area contributed by atoms with Crippen LogP contribution in [0.4, 0.5) is 10.1 Å². The lowest BCUT2D eigenvalue weighted by Gasteiger charge is -2.16. The standard InChI is InChI=1S/C12H10Cl2FNS/c1-7(8-2-3-17-6-8)16-12-10(13)4-9(15)5-11(12)14/h2-7,16H,1H3. The van der Waals surface area contributed by atoms with Gasteiger partial charge in [0.05, 0.1) is 15.7 Å². The van der Waals surface area contributed by atoms with Crippen molar-refractivity contribution in [3.8, 4) is 0 Å². The van der Waals surface area contributed by atoms with Crippen LogP contribution in [-0.4, -0.2) is 0 Å². The van der Waals surface area contributed by atoms with Gasteiger partial charge in [0, 0.05) is 6.04 Å². The molecular formula is C12H10Cl2FNS. The quantitative estimate of drug-likeness (QED) is 0.801. The van der Waals surface area contributed by atoms with Crippen LogP contribution in [0, 0.1) is 5.82 Å². The van der Waals surface area contributed by atoms with Gasteiger partial charge in [-0.2, -0.15) is 11.3 Å². The van der Waals surface area contributed by atoms with E-state index >= 15 is 0 Å². The molecule has 0 radical (unpaired) electrons. The van der Waals surface area contributed by atoms with Gasteiger partial charge in [-0.3, -0.25) is 0 Å². The van der Waals surface area contributed by atoms with Crippen LogP contribution >= 0.6 is 34.5 Å². The Kier molecular flexibility index (Phi) is 3.92. The van der Waals surface area contributed by atoms with E-state index in [-0.39, 0.29) is 16.1 Å². The maximum absolute atomic E-state index is 13.0. The highest BCUT2D eigenvalue weighted by atomic mass is 35.5. The molecule has 1 unspecified atom stereocenters. The van der Waals surface area contributed by atoms with Gasteiger partial charge in [0.25, 0.3) is 0 Å². The number of thiophene rings is 1. The van der Waals surface area contributed by atoms with Crippen LogP contribution in [0.2, 0.25) is 10.0 Å². The van der Waals surface area contributed by atoms with E-state index in [1.54, 1.807) is 11.3 Å². The third kappa shape index (κ3) is 2.92. The number of hydrogen-bond acceptors (Lipinski definition) is 2. The highest BCUT2D eigenvalue weighted by Gasteiger charge is 2.12. The first kappa shape index (κ1) is 12.7. The first-order chi connectivity index (χ1) is 8.08. The maximum Gasteiger partial charge on any atom is 0.126 e. The number of anilines is 1. The summed E-state index contributed by atoms with van der Waals surface area (Å²) in [5.74, 6) is -0.436. The minimum Gasteiger partial charge on any atom is -0.376 e. The van der Waals surface area contributed by atoms with Gasteiger partial charge < -0.3 is 5.32 Å². The van der Waals surface area contributed by atoms with E-state index in [1.165, 1.54) is 12.1 Å². The van der Waals surface area contributed by atoms with Crippen molar-refractivity contribution in [3.63, 3.8) is 0 Å². The Morgan fingerprint density at radius 1 is 1.29 bits per heavy atom. The second-order valence-electron chi connectivity index (χ2n) is 3.67. The minimum absolute atomic E-state index is 0.0710. The van der Waals surface area contributed by atoms with E-state index in [9.17, 15) is 4.39 Å². The van der Waals surface area contributed by atoms with Crippen molar-refractivity contribution in [3.05, 3.63) is 50.4 Å². The van der Waals surface area contributed by atoms with Gasteiger partial charge in [-0.25, -0.2) is 4.39 Å². The number of nitrogens with one attached hydrogen (secondary N) is 1. The second kappa shape index (κ2) is 5.25. The van der Waals surface area contributed by atoms with Gasteiger partial charge in [0.2, 0.25) is 0 Å². The summed E-state index contributed by atoms with van der Waals surface area (Å²) < 4.78 is 13.0. The zero-order valence-corrected chi connectivity index (χ0v) is 11.3. The van der Waals surface area contributed by atoms with Crippen LogP contribution < -0.4 is 5.32 Å². The molecule has 2 rings (SSSR count). The van der Waals surface area contributed by atoms with Crippen LogP contribution in [0.15, 0.2) is 29.0 Å². The molecule has 0 spiro atoms. The molecule has 1 aromatic heterocycles. The lowest BCUT2D eigenvalue weighted by atomic mass is 10.1. The lowest BCUT2D eigenvalue weighted by molar-refractivity contribution is 0.628. The Labute approximate surface area is 113 Å². The molecule has 0 saturated heterocycles. The first-order valence-electron chi connectivity index (χ1n) is 5.01. The molecule has 0 aliphatic carbocycles. The summed E-state index contributed by atoms with van der Waals surface area (Å²) in [6, 6.07) is 4.58. The maximum atomic E-state index is 13.0.